The molecule has 1 atom stereocenters. The predicted octanol–water partition coefficient (Wildman–Crippen LogP) is 3.12. The van der Waals surface area contributed by atoms with Crippen LogP contribution in [-0.4, -0.2) is 38.3 Å². The highest BCUT2D eigenvalue weighted by Crippen LogP contribution is 2.28. The molecule has 27 heavy (non-hydrogen) atoms. The van der Waals surface area contributed by atoms with E-state index >= 15 is 0 Å². The standard InChI is InChI=1S/C20H26N2O3S2/c1-15-5-3-6-17(13-15)10-11-21-20(23)18-7-4-12-22(14-18)27(24,25)19-9-8-16(2)26-19/h3,5-6,8-9,13,18H,4,7,10-12,14H2,1-2H3,(H,21,23). The Morgan fingerprint density at radius 1 is 1.26 bits per heavy atom. The normalized spacial score (nSPS) is 18.4. The van der Waals surface area contributed by atoms with E-state index < -0.39 is 10.0 Å². The van der Waals surface area contributed by atoms with Gasteiger partial charge in [-0.15, -0.1) is 11.3 Å². The van der Waals surface area contributed by atoms with E-state index in [0.717, 1.165) is 17.7 Å². The number of hydrogen-bond donors (Lipinski definition) is 1. The van der Waals surface area contributed by atoms with Gasteiger partial charge in [0, 0.05) is 24.5 Å². The number of piperidine rings is 1. The molecule has 0 radical (unpaired) electrons. The van der Waals surface area contributed by atoms with Crippen LogP contribution in [0.15, 0.2) is 40.6 Å². The first-order valence-corrected chi connectivity index (χ1v) is 11.5. The molecule has 0 saturated carbocycles. The molecule has 7 heteroatoms. The molecule has 1 aliphatic rings. The summed E-state index contributed by atoms with van der Waals surface area (Å²) in [7, 11) is -3.50. The molecule has 5 nitrogen and oxygen atoms in total. The van der Waals surface area contributed by atoms with Crippen molar-refractivity contribution in [2.75, 3.05) is 19.6 Å². The lowest BCUT2D eigenvalue weighted by molar-refractivity contribution is -0.126. The van der Waals surface area contributed by atoms with Crippen molar-refractivity contribution in [2.45, 2.75) is 37.3 Å². The third-order valence-corrected chi connectivity index (χ3v) is 8.19. The van der Waals surface area contributed by atoms with E-state index in [1.807, 2.05) is 32.0 Å². The monoisotopic (exact) mass is 406 g/mol. The third-order valence-electron chi connectivity index (χ3n) is 4.86. The van der Waals surface area contributed by atoms with Gasteiger partial charge in [-0.25, -0.2) is 8.42 Å². The van der Waals surface area contributed by atoms with Crippen molar-refractivity contribution in [3.63, 3.8) is 0 Å². The molecule has 3 rings (SSSR count). The highest BCUT2D eigenvalue weighted by atomic mass is 32.2. The van der Waals surface area contributed by atoms with Gasteiger partial charge in [-0.3, -0.25) is 4.79 Å². The van der Waals surface area contributed by atoms with Crippen LogP contribution in [0.4, 0.5) is 0 Å². The van der Waals surface area contributed by atoms with E-state index in [1.54, 1.807) is 6.07 Å². The Bertz CT molecular complexity index is 905. The summed E-state index contributed by atoms with van der Waals surface area (Å²) in [5.74, 6) is -0.336. The van der Waals surface area contributed by atoms with Crippen LogP contribution >= 0.6 is 11.3 Å². The Morgan fingerprint density at radius 2 is 2.07 bits per heavy atom. The fraction of sp³-hybridized carbons (Fsp3) is 0.450. The summed E-state index contributed by atoms with van der Waals surface area (Å²) in [5.41, 5.74) is 2.40. The van der Waals surface area contributed by atoms with Gasteiger partial charge in [0.15, 0.2) is 0 Å². The molecule has 0 bridgehead atoms. The largest absolute Gasteiger partial charge is 0.355 e. The molecule has 2 heterocycles. The zero-order valence-electron chi connectivity index (χ0n) is 15.8. The van der Waals surface area contributed by atoms with Crippen LogP contribution in [0.5, 0.6) is 0 Å². The van der Waals surface area contributed by atoms with Crippen molar-refractivity contribution in [2.24, 2.45) is 5.92 Å². The van der Waals surface area contributed by atoms with Gasteiger partial charge < -0.3 is 5.32 Å². The van der Waals surface area contributed by atoms with Crippen LogP contribution in [0.1, 0.15) is 28.8 Å². The Labute approximate surface area is 165 Å². The first kappa shape index (κ1) is 20.0. The number of carbonyl (C=O) groups excluding carboxylic acids is 1. The molecule has 1 N–H and O–H groups in total. The average Bonchev–Trinajstić information content (AvgIpc) is 3.09. The van der Waals surface area contributed by atoms with Gasteiger partial charge in [-0.05, 0) is 50.8 Å². The molecule has 1 unspecified atom stereocenters. The summed E-state index contributed by atoms with van der Waals surface area (Å²) in [6.07, 6.45) is 2.21. The lowest BCUT2D eigenvalue weighted by Gasteiger charge is -2.30. The number of nitrogens with one attached hydrogen (secondary N) is 1. The van der Waals surface area contributed by atoms with Crippen LogP contribution < -0.4 is 5.32 Å². The maximum absolute atomic E-state index is 12.8. The van der Waals surface area contributed by atoms with Gasteiger partial charge in [0.05, 0.1) is 5.92 Å². The maximum atomic E-state index is 12.8. The predicted molar refractivity (Wildman–Crippen MR) is 108 cm³/mol. The number of benzene rings is 1. The first-order valence-electron chi connectivity index (χ1n) is 9.26. The Kier molecular flexibility index (Phi) is 6.34. The summed E-state index contributed by atoms with van der Waals surface area (Å²) in [4.78, 5) is 13.5. The molecule has 1 aromatic carbocycles. The summed E-state index contributed by atoms with van der Waals surface area (Å²) in [6.45, 7) is 5.25. The second-order valence-corrected chi connectivity index (χ2v) is 10.6. The molecule has 2 aromatic rings. The lowest BCUT2D eigenvalue weighted by Crippen LogP contribution is -2.45. The lowest BCUT2D eigenvalue weighted by atomic mass is 9.98. The van der Waals surface area contributed by atoms with E-state index in [2.05, 4.69) is 17.4 Å². The topological polar surface area (TPSA) is 66.5 Å². The van der Waals surface area contributed by atoms with Crippen molar-refractivity contribution in [3.05, 3.63) is 52.4 Å². The number of aryl methyl sites for hydroxylation is 2. The van der Waals surface area contributed by atoms with Crippen LogP contribution in [0.2, 0.25) is 0 Å². The zero-order valence-corrected chi connectivity index (χ0v) is 17.4. The van der Waals surface area contributed by atoms with E-state index in [9.17, 15) is 13.2 Å². The summed E-state index contributed by atoms with van der Waals surface area (Å²) >= 11 is 1.28. The number of amides is 1. The SMILES string of the molecule is Cc1cccc(CCNC(=O)C2CCCN(S(=O)(=O)c3ccc(C)s3)C2)c1. The van der Waals surface area contributed by atoms with E-state index in [0.29, 0.717) is 23.7 Å². The quantitative estimate of drug-likeness (QED) is 0.801. The van der Waals surface area contributed by atoms with Crippen LogP contribution in [0.25, 0.3) is 0 Å². The van der Waals surface area contributed by atoms with Gasteiger partial charge in [-0.1, -0.05) is 29.8 Å². The highest BCUT2D eigenvalue weighted by molar-refractivity contribution is 7.91. The molecular formula is C20H26N2O3S2. The maximum Gasteiger partial charge on any atom is 0.252 e. The summed E-state index contributed by atoms with van der Waals surface area (Å²) in [5, 5.41) is 2.98. The number of hydrogen-bond acceptors (Lipinski definition) is 4. The minimum atomic E-state index is -3.50. The Balaban J connectivity index is 1.56. The molecular weight excluding hydrogens is 380 g/mol. The van der Waals surface area contributed by atoms with Gasteiger partial charge in [0.2, 0.25) is 5.91 Å². The number of nitrogens with zero attached hydrogens (tertiary/aromatic N) is 1. The minimum Gasteiger partial charge on any atom is -0.355 e. The van der Waals surface area contributed by atoms with Crippen molar-refractivity contribution >= 4 is 27.3 Å². The summed E-state index contributed by atoms with van der Waals surface area (Å²) in [6, 6.07) is 11.7. The highest BCUT2D eigenvalue weighted by Gasteiger charge is 2.33. The smallest absolute Gasteiger partial charge is 0.252 e. The van der Waals surface area contributed by atoms with Gasteiger partial charge >= 0.3 is 0 Å². The molecule has 0 spiro atoms. The van der Waals surface area contributed by atoms with Crippen molar-refractivity contribution < 1.29 is 13.2 Å². The molecule has 1 saturated heterocycles. The molecule has 0 aliphatic carbocycles. The van der Waals surface area contributed by atoms with Gasteiger partial charge in [0.1, 0.15) is 4.21 Å². The fourth-order valence-corrected chi connectivity index (χ4v) is 6.36. The first-order chi connectivity index (χ1) is 12.9. The average molecular weight is 407 g/mol. The Hall–Kier alpha value is -1.70. The second-order valence-electron chi connectivity index (χ2n) is 7.10. The van der Waals surface area contributed by atoms with Gasteiger partial charge in [-0.2, -0.15) is 4.31 Å². The second kappa shape index (κ2) is 8.54. The number of thiophene rings is 1. The van der Waals surface area contributed by atoms with Crippen molar-refractivity contribution in [1.82, 2.24) is 9.62 Å². The number of rotatable bonds is 6. The molecule has 1 fully saturated rings. The zero-order chi connectivity index (χ0) is 19.4. The molecule has 1 aromatic heterocycles. The molecule has 1 aliphatic heterocycles. The van der Waals surface area contributed by atoms with Crippen LogP contribution in [-0.2, 0) is 21.2 Å². The van der Waals surface area contributed by atoms with Crippen molar-refractivity contribution in [1.29, 1.82) is 0 Å². The van der Waals surface area contributed by atoms with E-state index in [1.165, 1.54) is 26.8 Å². The van der Waals surface area contributed by atoms with Crippen molar-refractivity contribution in [3.8, 4) is 0 Å². The van der Waals surface area contributed by atoms with E-state index in [-0.39, 0.29) is 18.4 Å². The number of sulfonamides is 1. The van der Waals surface area contributed by atoms with Gasteiger partial charge in [0.25, 0.3) is 10.0 Å². The molecule has 146 valence electrons. The minimum absolute atomic E-state index is 0.0510. The third kappa shape index (κ3) is 4.97. The fourth-order valence-electron chi connectivity index (χ4n) is 3.39. The van der Waals surface area contributed by atoms with E-state index in [4.69, 9.17) is 0 Å². The number of carbonyl (C=O) groups is 1. The van der Waals surface area contributed by atoms with Crippen LogP contribution in [0, 0.1) is 19.8 Å². The van der Waals surface area contributed by atoms with Crippen LogP contribution in [0.3, 0.4) is 0 Å². The Morgan fingerprint density at radius 3 is 2.78 bits per heavy atom. The summed E-state index contributed by atoms with van der Waals surface area (Å²) < 4.78 is 27.4. The molecule has 1 amide bonds.